The summed E-state index contributed by atoms with van der Waals surface area (Å²) in [6.45, 7) is 4.70. The van der Waals surface area contributed by atoms with Crippen molar-refractivity contribution in [3.8, 4) is 0 Å². The lowest BCUT2D eigenvalue weighted by molar-refractivity contribution is 0.0690. The van der Waals surface area contributed by atoms with E-state index in [1.165, 1.54) is 12.4 Å². The number of nitrogens with zero attached hydrogens (tertiary/aromatic N) is 2. The molecule has 1 aromatic rings. The molecule has 0 amide bonds. The van der Waals surface area contributed by atoms with Gasteiger partial charge in [0.25, 0.3) is 0 Å². The molecule has 6 heteroatoms. The van der Waals surface area contributed by atoms with Crippen LogP contribution < -0.4 is 5.32 Å². The first-order valence-electron chi connectivity index (χ1n) is 5.46. The maximum absolute atomic E-state index is 10.8. The molecule has 0 aromatic carbocycles. The molecule has 0 saturated carbocycles. The number of carboxylic acid groups (broad SMARTS) is 1. The minimum Gasteiger partial charge on any atom is -0.476 e. The number of rotatable bonds is 3. The second-order valence-electron chi connectivity index (χ2n) is 4.40. The molecule has 92 valence electrons. The molecule has 1 aliphatic rings. The molecule has 2 atom stereocenters. The Morgan fingerprint density at radius 1 is 1.65 bits per heavy atom. The van der Waals surface area contributed by atoms with Crippen molar-refractivity contribution in [1.82, 2.24) is 9.97 Å². The van der Waals surface area contributed by atoms with Gasteiger partial charge in [-0.15, -0.1) is 0 Å². The number of aromatic nitrogens is 2. The van der Waals surface area contributed by atoms with Crippen LogP contribution in [0.15, 0.2) is 12.4 Å². The van der Waals surface area contributed by atoms with Crippen molar-refractivity contribution < 1.29 is 14.6 Å². The van der Waals surface area contributed by atoms with Crippen molar-refractivity contribution in [2.75, 3.05) is 11.9 Å². The Hall–Kier alpha value is -1.69. The van der Waals surface area contributed by atoms with Gasteiger partial charge in [0.05, 0.1) is 24.0 Å². The third-order valence-corrected chi connectivity index (χ3v) is 3.15. The average molecular weight is 237 g/mol. The Morgan fingerprint density at radius 2 is 2.41 bits per heavy atom. The SMILES string of the molecule is CC1OCCC1(C)Nc1cncc(C(=O)O)n1. The second kappa shape index (κ2) is 4.29. The van der Waals surface area contributed by atoms with Crippen LogP contribution in [0.3, 0.4) is 0 Å². The molecule has 1 fully saturated rings. The summed E-state index contributed by atoms with van der Waals surface area (Å²) in [5.41, 5.74) is -0.295. The highest BCUT2D eigenvalue weighted by Crippen LogP contribution is 2.28. The van der Waals surface area contributed by atoms with Crippen LogP contribution in [0.5, 0.6) is 0 Å². The van der Waals surface area contributed by atoms with Crippen molar-refractivity contribution in [2.45, 2.75) is 31.9 Å². The van der Waals surface area contributed by atoms with Gasteiger partial charge in [-0.05, 0) is 20.3 Å². The van der Waals surface area contributed by atoms with Gasteiger partial charge < -0.3 is 15.2 Å². The first-order chi connectivity index (χ1) is 8.01. The summed E-state index contributed by atoms with van der Waals surface area (Å²) in [7, 11) is 0. The van der Waals surface area contributed by atoms with E-state index in [-0.39, 0.29) is 17.3 Å². The average Bonchev–Trinajstić information content (AvgIpc) is 2.59. The number of carbonyl (C=O) groups is 1. The largest absolute Gasteiger partial charge is 0.476 e. The molecule has 6 nitrogen and oxygen atoms in total. The molecule has 0 radical (unpaired) electrons. The number of hydrogen-bond donors (Lipinski definition) is 2. The summed E-state index contributed by atoms with van der Waals surface area (Å²) in [6, 6.07) is 0. The van der Waals surface area contributed by atoms with Crippen LogP contribution in [-0.2, 0) is 4.74 Å². The van der Waals surface area contributed by atoms with Crippen LogP contribution in [0.1, 0.15) is 30.8 Å². The van der Waals surface area contributed by atoms with Gasteiger partial charge in [0.2, 0.25) is 0 Å². The van der Waals surface area contributed by atoms with Crippen LogP contribution in [0.4, 0.5) is 5.82 Å². The zero-order chi connectivity index (χ0) is 12.5. The molecular formula is C11H15N3O3. The molecular weight excluding hydrogens is 222 g/mol. The summed E-state index contributed by atoms with van der Waals surface area (Å²) in [6.07, 6.45) is 3.65. The number of hydrogen-bond acceptors (Lipinski definition) is 5. The van der Waals surface area contributed by atoms with Gasteiger partial charge in [0, 0.05) is 6.61 Å². The molecule has 1 aromatic heterocycles. The van der Waals surface area contributed by atoms with Crippen LogP contribution in [0.2, 0.25) is 0 Å². The van der Waals surface area contributed by atoms with E-state index < -0.39 is 5.97 Å². The summed E-state index contributed by atoms with van der Waals surface area (Å²) in [5.74, 6) is -0.619. The van der Waals surface area contributed by atoms with E-state index in [0.29, 0.717) is 12.4 Å². The van der Waals surface area contributed by atoms with Gasteiger partial charge >= 0.3 is 5.97 Å². The standard InChI is InChI=1S/C11H15N3O3/c1-7-11(2,3-4-17-7)14-9-6-12-5-8(13-9)10(15)16/h5-7H,3-4H2,1-2H3,(H,13,14)(H,15,16). The maximum atomic E-state index is 10.8. The second-order valence-corrected chi connectivity index (χ2v) is 4.40. The summed E-state index contributed by atoms with van der Waals surface area (Å²) < 4.78 is 5.49. The fourth-order valence-electron chi connectivity index (χ4n) is 1.82. The van der Waals surface area contributed by atoms with Crippen LogP contribution in [0.25, 0.3) is 0 Å². The van der Waals surface area contributed by atoms with E-state index in [2.05, 4.69) is 15.3 Å². The number of anilines is 1. The number of aromatic carboxylic acids is 1. The van der Waals surface area contributed by atoms with Crippen molar-refractivity contribution in [3.63, 3.8) is 0 Å². The van der Waals surface area contributed by atoms with Gasteiger partial charge in [0.1, 0.15) is 5.82 Å². The van der Waals surface area contributed by atoms with Gasteiger partial charge in [0.15, 0.2) is 5.69 Å². The first kappa shape index (κ1) is 11.8. The van der Waals surface area contributed by atoms with Crippen LogP contribution in [0, 0.1) is 0 Å². The van der Waals surface area contributed by atoms with Gasteiger partial charge in [-0.1, -0.05) is 0 Å². The lowest BCUT2D eigenvalue weighted by atomic mass is 9.95. The normalized spacial score (nSPS) is 28.0. The number of ether oxygens (including phenoxy) is 1. The highest BCUT2D eigenvalue weighted by molar-refractivity contribution is 5.85. The Balaban J connectivity index is 2.18. The van der Waals surface area contributed by atoms with Gasteiger partial charge in [-0.3, -0.25) is 4.98 Å². The molecule has 0 spiro atoms. The summed E-state index contributed by atoms with van der Waals surface area (Å²) in [5, 5.41) is 12.0. The van der Waals surface area contributed by atoms with Crippen LogP contribution in [-0.4, -0.2) is 39.3 Å². The third kappa shape index (κ3) is 2.36. The molecule has 0 aliphatic carbocycles. The highest BCUT2D eigenvalue weighted by atomic mass is 16.5. The summed E-state index contributed by atoms with van der Waals surface area (Å²) >= 11 is 0. The Morgan fingerprint density at radius 3 is 3.00 bits per heavy atom. The highest BCUT2D eigenvalue weighted by Gasteiger charge is 2.37. The zero-order valence-corrected chi connectivity index (χ0v) is 9.80. The Kier molecular flexibility index (Phi) is 2.97. The minimum absolute atomic E-state index is 0.0535. The maximum Gasteiger partial charge on any atom is 0.356 e. The molecule has 0 bridgehead atoms. The van der Waals surface area contributed by atoms with Gasteiger partial charge in [-0.25, -0.2) is 9.78 Å². The van der Waals surface area contributed by atoms with Crippen molar-refractivity contribution in [1.29, 1.82) is 0 Å². The Labute approximate surface area is 99.0 Å². The van der Waals surface area contributed by atoms with Gasteiger partial charge in [-0.2, -0.15) is 0 Å². The molecule has 1 saturated heterocycles. The summed E-state index contributed by atoms with van der Waals surface area (Å²) in [4.78, 5) is 18.6. The van der Waals surface area contributed by atoms with E-state index in [1.54, 1.807) is 0 Å². The van der Waals surface area contributed by atoms with E-state index in [1.807, 2.05) is 13.8 Å². The predicted octanol–water partition coefficient (Wildman–Crippen LogP) is 1.15. The topological polar surface area (TPSA) is 84.3 Å². The lowest BCUT2D eigenvalue weighted by Crippen LogP contribution is -2.41. The molecule has 2 unspecified atom stereocenters. The first-order valence-corrected chi connectivity index (χ1v) is 5.46. The molecule has 17 heavy (non-hydrogen) atoms. The van der Waals surface area contributed by atoms with Crippen molar-refractivity contribution in [3.05, 3.63) is 18.1 Å². The zero-order valence-electron chi connectivity index (χ0n) is 9.80. The van der Waals surface area contributed by atoms with E-state index in [4.69, 9.17) is 9.84 Å². The third-order valence-electron chi connectivity index (χ3n) is 3.15. The van der Waals surface area contributed by atoms with E-state index in [9.17, 15) is 4.79 Å². The Bertz CT molecular complexity index is 438. The van der Waals surface area contributed by atoms with E-state index in [0.717, 1.165) is 6.42 Å². The minimum atomic E-state index is -1.08. The van der Waals surface area contributed by atoms with Crippen LogP contribution >= 0.6 is 0 Å². The molecule has 2 heterocycles. The number of nitrogens with one attached hydrogen (secondary N) is 1. The molecule has 1 aliphatic heterocycles. The monoisotopic (exact) mass is 237 g/mol. The quantitative estimate of drug-likeness (QED) is 0.820. The van der Waals surface area contributed by atoms with Crippen molar-refractivity contribution in [2.24, 2.45) is 0 Å². The number of carboxylic acids is 1. The predicted molar refractivity (Wildman–Crippen MR) is 61.1 cm³/mol. The van der Waals surface area contributed by atoms with E-state index >= 15 is 0 Å². The smallest absolute Gasteiger partial charge is 0.356 e. The molecule has 2 N–H and O–H groups in total. The molecule has 2 rings (SSSR count). The fraction of sp³-hybridized carbons (Fsp3) is 0.545. The van der Waals surface area contributed by atoms with Crippen molar-refractivity contribution >= 4 is 11.8 Å². The fourth-order valence-corrected chi connectivity index (χ4v) is 1.82. The lowest BCUT2D eigenvalue weighted by Gasteiger charge is -2.29.